The maximum Gasteiger partial charge on any atom is 0.213 e. The molecule has 2 aliphatic carbocycles. The summed E-state index contributed by atoms with van der Waals surface area (Å²) in [6.07, 6.45) is 20.1. The summed E-state index contributed by atoms with van der Waals surface area (Å²) >= 11 is 4.33. The van der Waals surface area contributed by atoms with Gasteiger partial charge in [0.2, 0.25) is 5.52 Å². The van der Waals surface area contributed by atoms with Gasteiger partial charge in [-0.25, -0.2) is 0 Å². The Balaban J connectivity index is 0.000000216. The molecule has 1 aromatic heterocycles. The molecule has 0 bridgehead atoms. The number of pyridine rings is 1. The average Bonchev–Trinajstić information content (AvgIpc) is 3.31. The van der Waals surface area contributed by atoms with Crippen LogP contribution in [0.5, 0.6) is 0 Å². The topological polar surface area (TPSA) is 3.88 Å². The number of aryl methyl sites for hydroxylation is 3. The zero-order valence-corrected chi connectivity index (χ0v) is 25.1. The van der Waals surface area contributed by atoms with Crippen LogP contribution in [0.3, 0.4) is 0 Å². The monoisotopic (exact) mass is 526 g/mol. The van der Waals surface area contributed by atoms with Crippen molar-refractivity contribution < 1.29 is 4.57 Å². The molecular formula is C36H48NS+. The summed E-state index contributed by atoms with van der Waals surface area (Å²) in [5.41, 5.74) is 6.53. The van der Waals surface area contributed by atoms with Crippen LogP contribution >= 0.6 is 12.6 Å². The normalized spacial score (nSPS) is 20.5. The van der Waals surface area contributed by atoms with Gasteiger partial charge in [-0.05, 0) is 61.0 Å². The lowest BCUT2D eigenvalue weighted by molar-refractivity contribution is -0.671. The molecule has 0 radical (unpaired) electrons. The molecular weight excluding hydrogens is 478 g/mol. The van der Waals surface area contributed by atoms with E-state index in [2.05, 4.69) is 143 Å². The molecule has 1 saturated carbocycles. The Hall–Kier alpha value is -2.58. The van der Waals surface area contributed by atoms with Crippen LogP contribution in [0.25, 0.3) is 17.0 Å². The highest BCUT2D eigenvalue weighted by atomic mass is 32.1. The van der Waals surface area contributed by atoms with Crippen molar-refractivity contribution in [2.45, 2.75) is 73.3 Å². The molecule has 2 aliphatic rings. The van der Waals surface area contributed by atoms with Crippen LogP contribution in [0.15, 0.2) is 90.7 Å². The van der Waals surface area contributed by atoms with Gasteiger partial charge in [-0.15, -0.1) is 0 Å². The maximum absolute atomic E-state index is 4.33. The Morgan fingerprint density at radius 2 is 1.53 bits per heavy atom. The van der Waals surface area contributed by atoms with Gasteiger partial charge in [-0.2, -0.15) is 17.2 Å². The molecule has 1 fully saturated rings. The second-order valence-corrected chi connectivity index (χ2v) is 11.7. The Kier molecular flexibility index (Phi) is 12.4. The number of allylic oxidation sites excluding steroid dienone is 5. The van der Waals surface area contributed by atoms with Gasteiger partial charge in [0.05, 0.1) is 5.39 Å². The highest BCUT2D eigenvalue weighted by Gasteiger charge is 2.17. The predicted molar refractivity (Wildman–Crippen MR) is 171 cm³/mol. The van der Waals surface area contributed by atoms with Crippen molar-refractivity contribution in [2.75, 3.05) is 5.75 Å². The van der Waals surface area contributed by atoms with Crippen LogP contribution in [-0.2, 0) is 6.54 Å². The standard InChI is InChI=1S/C21H23NS.C8H10.C7H14/c1-17-7-9-18(10-8-17)11-12-19-13-15-22(14-4-16-23)21-6-3-2-5-20(19)21;1-7-3-5-8(2)6-4-7;1-6-4-3-5-7(6)2/h2-3,5-7,9-13,15,17H,4,8,14,16H2,1H3;3-6H,1-2H3;6-7H,3-5H2,1-2H3/p+1/b12-11+;;. The molecule has 5 rings (SSSR count). The fourth-order valence-corrected chi connectivity index (χ4v) is 5.05. The van der Waals surface area contributed by atoms with Crippen LogP contribution in [-0.4, -0.2) is 5.75 Å². The summed E-state index contributed by atoms with van der Waals surface area (Å²) in [5, 5.41) is 1.30. The largest absolute Gasteiger partial charge is 0.213 e. The van der Waals surface area contributed by atoms with Crippen LogP contribution in [0, 0.1) is 31.6 Å². The quantitative estimate of drug-likeness (QED) is 0.249. The van der Waals surface area contributed by atoms with E-state index in [1.807, 2.05) is 0 Å². The van der Waals surface area contributed by atoms with E-state index in [1.54, 1.807) is 0 Å². The number of rotatable bonds is 5. The molecule has 3 aromatic rings. The summed E-state index contributed by atoms with van der Waals surface area (Å²) in [5.74, 6) is 3.61. The Morgan fingerprint density at radius 3 is 2.08 bits per heavy atom. The van der Waals surface area contributed by atoms with Crippen LogP contribution in [0.4, 0.5) is 0 Å². The van der Waals surface area contributed by atoms with Crippen molar-refractivity contribution in [3.8, 4) is 0 Å². The summed E-state index contributed by atoms with van der Waals surface area (Å²) in [6.45, 7) is 12.2. The fraction of sp³-hybridized carbons (Fsp3) is 0.417. The minimum absolute atomic E-state index is 0.662. The SMILES string of the molecule is CC1C=CC(/C=C/c2cc[n+](CCCS)c3ccccc23)=CC1.CC1CCCC1C.Cc1ccc(C)cc1. The molecule has 2 heteroatoms. The number of hydrogen-bond acceptors (Lipinski definition) is 1. The summed E-state index contributed by atoms with van der Waals surface area (Å²) < 4.78 is 2.32. The average molecular weight is 527 g/mol. The first-order valence-corrected chi connectivity index (χ1v) is 15.1. The van der Waals surface area contributed by atoms with Gasteiger partial charge in [-0.1, -0.05) is 118 Å². The lowest BCUT2D eigenvalue weighted by Crippen LogP contribution is -2.34. The number of aromatic nitrogens is 1. The first-order chi connectivity index (χ1) is 18.4. The van der Waals surface area contributed by atoms with E-state index in [9.17, 15) is 0 Å². The Morgan fingerprint density at radius 1 is 0.868 bits per heavy atom. The number of para-hydroxylation sites is 1. The third kappa shape index (κ3) is 9.62. The van der Waals surface area contributed by atoms with Crippen molar-refractivity contribution in [1.29, 1.82) is 0 Å². The fourth-order valence-electron chi connectivity index (χ4n) is 4.91. The third-order valence-electron chi connectivity index (χ3n) is 7.82. The molecule has 1 heterocycles. The second-order valence-electron chi connectivity index (χ2n) is 11.2. The molecule has 202 valence electrons. The van der Waals surface area contributed by atoms with E-state index in [-0.39, 0.29) is 0 Å². The Labute approximate surface area is 237 Å². The van der Waals surface area contributed by atoms with E-state index in [1.165, 1.54) is 52.4 Å². The van der Waals surface area contributed by atoms with Crippen molar-refractivity contribution in [3.05, 3.63) is 107 Å². The van der Waals surface area contributed by atoms with E-state index >= 15 is 0 Å². The summed E-state index contributed by atoms with van der Waals surface area (Å²) in [7, 11) is 0. The lowest BCUT2D eigenvalue weighted by Gasteiger charge is -2.08. The van der Waals surface area contributed by atoms with Gasteiger partial charge in [0.25, 0.3) is 0 Å². The smallest absolute Gasteiger partial charge is 0.198 e. The molecule has 3 unspecified atom stereocenters. The summed E-state index contributed by atoms with van der Waals surface area (Å²) in [4.78, 5) is 0. The van der Waals surface area contributed by atoms with Crippen LogP contribution in [0.1, 0.15) is 69.6 Å². The molecule has 0 aliphatic heterocycles. The van der Waals surface area contributed by atoms with Gasteiger partial charge in [0, 0.05) is 18.6 Å². The molecule has 1 nitrogen and oxygen atoms in total. The van der Waals surface area contributed by atoms with E-state index in [4.69, 9.17) is 0 Å². The van der Waals surface area contributed by atoms with Crippen molar-refractivity contribution >= 4 is 29.6 Å². The molecule has 3 atom stereocenters. The minimum atomic E-state index is 0.662. The van der Waals surface area contributed by atoms with Crippen molar-refractivity contribution in [3.63, 3.8) is 0 Å². The first kappa shape index (κ1) is 30.0. The zero-order valence-electron chi connectivity index (χ0n) is 24.2. The van der Waals surface area contributed by atoms with Crippen LogP contribution < -0.4 is 4.57 Å². The molecule has 38 heavy (non-hydrogen) atoms. The Bertz CT molecular complexity index is 1190. The number of thiol groups is 1. The highest BCUT2D eigenvalue weighted by Crippen LogP contribution is 2.29. The molecule has 2 aromatic carbocycles. The molecule has 0 N–H and O–H groups in total. The predicted octanol–water partition coefficient (Wildman–Crippen LogP) is 9.73. The number of fused-ring (bicyclic) bond motifs is 1. The molecule has 0 spiro atoms. The highest BCUT2D eigenvalue weighted by molar-refractivity contribution is 7.80. The lowest BCUT2D eigenvalue weighted by atomic mass is 9.97. The number of benzene rings is 2. The zero-order chi connectivity index (χ0) is 27.3. The summed E-state index contributed by atoms with van der Waals surface area (Å²) in [6, 6.07) is 19.3. The van der Waals surface area contributed by atoms with Crippen molar-refractivity contribution in [1.82, 2.24) is 0 Å². The van der Waals surface area contributed by atoms with Gasteiger partial charge < -0.3 is 0 Å². The maximum atomic E-state index is 4.33. The second kappa shape index (κ2) is 15.7. The van der Waals surface area contributed by atoms with Crippen molar-refractivity contribution in [2.24, 2.45) is 17.8 Å². The van der Waals surface area contributed by atoms with Gasteiger partial charge >= 0.3 is 0 Å². The minimum Gasteiger partial charge on any atom is -0.198 e. The van der Waals surface area contributed by atoms with Gasteiger partial charge in [0.1, 0.15) is 6.54 Å². The van der Waals surface area contributed by atoms with Gasteiger partial charge in [0.15, 0.2) is 6.20 Å². The van der Waals surface area contributed by atoms with E-state index in [0.29, 0.717) is 5.92 Å². The first-order valence-electron chi connectivity index (χ1n) is 14.5. The third-order valence-corrected chi connectivity index (χ3v) is 8.14. The van der Waals surface area contributed by atoms with Gasteiger partial charge in [-0.3, -0.25) is 0 Å². The van der Waals surface area contributed by atoms with E-state index in [0.717, 1.165) is 37.0 Å². The molecule has 0 saturated heterocycles. The number of hydrogen-bond donors (Lipinski definition) is 1. The van der Waals surface area contributed by atoms with Crippen LogP contribution in [0.2, 0.25) is 0 Å². The number of nitrogens with zero attached hydrogens (tertiary/aromatic N) is 1. The molecule has 0 amide bonds. The van der Waals surface area contributed by atoms with E-state index < -0.39 is 0 Å².